The predicted molar refractivity (Wildman–Crippen MR) is 149 cm³/mol. The minimum atomic E-state index is 0.681. The summed E-state index contributed by atoms with van der Waals surface area (Å²) >= 11 is 0. The van der Waals surface area contributed by atoms with Crippen LogP contribution in [0.2, 0.25) is 0 Å². The molecule has 0 unspecified atom stereocenters. The molecule has 0 bridgehead atoms. The van der Waals surface area contributed by atoms with Gasteiger partial charge < -0.3 is 10.3 Å². The molecule has 0 radical (unpaired) electrons. The van der Waals surface area contributed by atoms with Gasteiger partial charge in [0.25, 0.3) is 0 Å². The molecule has 188 valence electrons. The third-order valence-electron chi connectivity index (χ3n) is 7.46. The molecular weight excluding hydrogens is 472 g/mol. The Morgan fingerprint density at radius 3 is 2.63 bits per heavy atom. The smallest absolute Gasteiger partial charge is 0.161 e. The van der Waals surface area contributed by atoms with Crippen LogP contribution in [-0.2, 0) is 6.54 Å². The Kier molecular flexibility index (Phi) is 5.86. The first-order valence-electron chi connectivity index (χ1n) is 13.2. The molecule has 1 saturated carbocycles. The van der Waals surface area contributed by atoms with E-state index in [1.54, 1.807) is 12.4 Å². The molecule has 0 spiro atoms. The van der Waals surface area contributed by atoms with Gasteiger partial charge in [-0.15, -0.1) is 0 Å². The van der Waals surface area contributed by atoms with Crippen LogP contribution in [-0.4, -0.2) is 41.7 Å². The van der Waals surface area contributed by atoms with E-state index in [4.69, 9.17) is 9.97 Å². The van der Waals surface area contributed by atoms with Gasteiger partial charge in [0.05, 0.1) is 22.2 Å². The number of nitrogens with zero attached hydrogens (tertiary/aromatic N) is 5. The number of para-hydroxylation sites is 1. The first kappa shape index (κ1) is 22.7. The van der Waals surface area contributed by atoms with Crippen molar-refractivity contribution in [2.45, 2.75) is 32.2 Å². The monoisotopic (exact) mass is 500 g/mol. The number of H-pyrrole nitrogens is 2. The molecule has 0 aliphatic heterocycles. The highest BCUT2D eigenvalue weighted by Crippen LogP contribution is 2.31. The second-order valence-electron chi connectivity index (χ2n) is 10.1. The van der Waals surface area contributed by atoms with Crippen LogP contribution in [0.1, 0.15) is 31.2 Å². The average molecular weight is 501 g/mol. The van der Waals surface area contributed by atoms with Crippen LogP contribution in [0.15, 0.2) is 73.3 Å². The minimum Gasteiger partial charge on any atom is -0.336 e. The minimum absolute atomic E-state index is 0.681. The van der Waals surface area contributed by atoms with Gasteiger partial charge in [-0.25, -0.2) is 9.97 Å². The Morgan fingerprint density at radius 2 is 1.74 bits per heavy atom. The lowest BCUT2D eigenvalue weighted by atomic mass is 10.1. The van der Waals surface area contributed by atoms with E-state index in [2.05, 4.69) is 42.6 Å². The molecule has 0 saturated heterocycles. The highest BCUT2D eigenvalue weighted by molar-refractivity contribution is 5.96. The standard InChI is InChI=1S/C30H28N8/c1-2-5-19(4-1)15-32-16-20-14-22(18-33-17-20)24-8-9-26-28(34-24)29(38-37-26)30-35-25-7-3-6-23(27(25)36-30)21-10-12-31-13-11-21/h3,6-14,17-19,32H,1-2,4-5,15-16H2,(H,35,36)(H,37,38). The zero-order valence-corrected chi connectivity index (χ0v) is 21.0. The summed E-state index contributed by atoms with van der Waals surface area (Å²) in [5.74, 6) is 1.49. The van der Waals surface area contributed by atoms with Crippen LogP contribution >= 0.6 is 0 Å². The van der Waals surface area contributed by atoms with Crippen LogP contribution in [0.5, 0.6) is 0 Å². The first-order chi connectivity index (χ1) is 18.8. The number of aromatic amines is 2. The number of rotatable bonds is 7. The number of imidazole rings is 1. The molecule has 5 aromatic heterocycles. The SMILES string of the molecule is c1cc(-c2ccncc2)c2nc(-c3n[nH]c4ccc(-c5cncc(CNCC6CCCC6)c5)nc34)[nH]c2c1. The van der Waals surface area contributed by atoms with Crippen LogP contribution in [0.25, 0.3) is 56.0 Å². The number of fused-ring (bicyclic) bond motifs is 2. The van der Waals surface area contributed by atoms with E-state index in [1.165, 1.54) is 25.7 Å². The fourth-order valence-corrected chi connectivity index (χ4v) is 5.49. The molecule has 5 heterocycles. The second kappa shape index (κ2) is 9.79. The van der Waals surface area contributed by atoms with Crippen molar-refractivity contribution in [3.8, 4) is 33.9 Å². The van der Waals surface area contributed by atoms with Gasteiger partial charge in [-0.2, -0.15) is 5.10 Å². The third-order valence-corrected chi connectivity index (χ3v) is 7.46. The maximum absolute atomic E-state index is 4.99. The molecule has 0 amide bonds. The number of hydrogen-bond acceptors (Lipinski definition) is 6. The topological polar surface area (TPSA) is 108 Å². The molecule has 8 heteroatoms. The quantitative estimate of drug-likeness (QED) is 0.252. The summed E-state index contributed by atoms with van der Waals surface area (Å²) in [4.78, 5) is 22.0. The molecule has 8 nitrogen and oxygen atoms in total. The van der Waals surface area contributed by atoms with Gasteiger partial charge in [0.15, 0.2) is 11.5 Å². The van der Waals surface area contributed by atoms with E-state index in [0.29, 0.717) is 11.5 Å². The number of nitrogens with one attached hydrogen (secondary N) is 3. The van der Waals surface area contributed by atoms with Crippen molar-refractivity contribution < 1.29 is 0 Å². The van der Waals surface area contributed by atoms with E-state index in [-0.39, 0.29) is 0 Å². The number of hydrogen-bond donors (Lipinski definition) is 3. The van der Waals surface area contributed by atoms with E-state index in [1.807, 2.05) is 48.8 Å². The summed E-state index contributed by atoms with van der Waals surface area (Å²) in [5, 5.41) is 11.3. The van der Waals surface area contributed by atoms with Crippen molar-refractivity contribution in [3.05, 3.63) is 78.9 Å². The Bertz CT molecular complexity index is 1710. The van der Waals surface area contributed by atoms with Crippen molar-refractivity contribution in [2.24, 2.45) is 5.92 Å². The molecule has 1 aromatic carbocycles. The van der Waals surface area contributed by atoms with Crippen molar-refractivity contribution in [3.63, 3.8) is 0 Å². The Balaban J connectivity index is 1.20. The molecule has 1 aliphatic rings. The van der Waals surface area contributed by atoms with Crippen molar-refractivity contribution in [2.75, 3.05) is 6.54 Å². The summed E-state index contributed by atoms with van der Waals surface area (Å²) in [6, 6.07) is 16.3. The van der Waals surface area contributed by atoms with Gasteiger partial charge in [-0.1, -0.05) is 25.0 Å². The highest BCUT2D eigenvalue weighted by Gasteiger charge is 2.17. The zero-order chi connectivity index (χ0) is 25.3. The second-order valence-corrected chi connectivity index (χ2v) is 10.1. The Morgan fingerprint density at radius 1 is 0.842 bits per heavy atom. The largest absolute Gasteiger partial charge is 0.336 e. The maximum atomic E-state index is 4.99. The lowest BCUT2D eigenvalue weighted by Crippen LogP contribution is -2.20. The van der Waals surface area contributed by atoms with Gasteiger partial charge in [-0.05, 0) is 72.8 Å². The molecule has 1 aliphatic carbocycles. The van der Waals surface area contributed by atoms with Gasteiger partial charge in [-0.3, -0.25) is 15.1 Å². The molecule has 38 heavy (non-hydrogen) atoms. The van der Waals surface area contributed by atoms with E-state index in [9.17, 15) is 0 Å². The number of pyridine rings is 3. The molecular formula is C30H28N8. The van der Waals surface area contributed by atoms with Crippen LogP contribution in [0.3, 0.4) is 0 Å². The number of benzene rings is 1. The Labute approximate surface area is 220 Å². The predicted octanol–water partition coefficient (Wildman–Crippen LogP) is 5.91. The fraction of sp³-hybridized carbons (Fsp3) is 0.233. The highest BCUT2D eigenvalue weighted by atomic mass is 15.1. The Hall–Kier alpha value is -4.43. The molecule has 0 atom stereocenters. The van der Waals surface area contributed by atoms with E-state index < -0.39 is 0 Å². The normalized spacial score (nSPS) is 14.1. The third kappa shape index (κ3) is 4.33. The average Bonchev–Trinajstić information content (AvgIpc) is 3.73. The van der Waals surface area contributed by atoms with Crippen molar-refractivity contribution in [1.29, 1.82) is 0 Å². The van der Waals surface area contributed by atoms with Gasteiger partial charge in [0.2, 0.25) is 0 Å². The maximum Gasteiger partial charge on any atom is 0.161 e. The summed E-state index contributed by atoms with van der Waals surface area (Å²) in [6.07, 6.45) is 12.8. The lowest BCUT2D eigenvalue weighted by molar-refractivity contribution is 0.489. The van der Waals surface area contributed by atoms with Crippen molar-refractivity contribution >= 4 is 22.1 Å². The van der Waals surface area contributed by atoms with Crippen LogP contribution in [0, 0.1) is 5.92 Å². The van der Waals surface area contributed by atoms with E-state index >= 15 is 0 Å². The zero-order valence-electron chi connectivity index (χ0n) is 21.0. The van der Waals surface area contributed by atoms with Gasteiger partial charge >= 0.3 is 0 Å². The summed E-state index contributed by atoms with van der Waals surface area (Å²) in [5.41, 5.74) is 9.30. The molecule has 7 rings (SSSR count). The summed E-state index contributed by atoms with van der Waals surface area (Å²) < 4.78 is 0. The molecule has 1 fully saturated rings. The van der Waals surface area contributed by atoms with Crippen LogP contribution < -0.4 is 5.32 Å². The molecule has 6 aromatic rings. The van der Waals surface area contributed by atoms with Crippen LogP contribution in [0.4, 0.5) is 0 Å². The molecule has 3 N–H and O–H groups in total. The lowest BCUT2D eigenvalue weighted by Gasteiger charge is -2.11. The summed E-state index contributed by atoms with van der Waals surface area (Å²) in [6.45, 7) is 1.89. The van der Waals surface area contributed by atoms with E-state index in [0.717, 1.165) is 69.0 Å². The summed E-state index contributed by atoms with van der Waals surface area (Å²) in [7, 11) is 0. The fourth-order valence-electron chi connectivity index (χ4n) is 5.49. The van der Waals surface area contributed by atoms with Gasteiger partial charge in [0.1, 0.15) is 5.52 Å². The number of aromatic nitrogens is 7. The van der Waals surface area contributed by atoms with Crippen molar-refractivity contribution in [1.82, 2.24) is 40.4 Å². The van der Waals surface area contributed by atoms with Gasteiger partial charge in [0, 0.05) is 42.5 Å². The first-order valence-corrected chi connectivity index (χ1v) is 13.2.